The summed E-state index contributed by atoms with van der Waals surface area (Å²) >= 11 is 0. The van der Waals surface area contributed by atoms with Gasteiger partial charge in [0, 0.05) is 12.1 Å². The van der Waals surface area contributed by atoms with E-state index < -0.39 is 10.0 Å². The number of hydrogen-bond donors (Lipinski definition) is 0. The zero-order valence-electron chi connectivity index (χ0n) is 12.5. The lowest BCUT2D eigenvalue weighted by Crippen LogP contribution is -2.43. The average Bonchev–Trinajstić information content (AvgIpc) is 3.22. The van der Waals surface area contributed by atoms with Crippen LogP contribution in [0.3, 0.4) is 0 Å². The standard InChI is InChI=1S/C15H23NO3S/c1-11(2)12(3)16(13-9-10-13)20(17,18)15-8-6-5-7-14(15)19-4/h5-8,11-13H,9-10H2,1-4H3. The van der Waals surface area contributed by atoms with Crippen LogP contribution in [0.4, 0.5) is 0 Å². The van der Waals surface area contributed by atoms with Crippen molar-refractivity contribution in [2.24, 2.45) is 5.92 Å². The zero-order valence-corrected chi connectivity index (χ0v) is 13.4. The van der Waals surface area contributed by atoms with E-state index in [1.165, 1.54) is 7.11 Å². The van der Waals surface area contributed by atoms with Gasteiger partial charge in [-0.2, -0.15) is 4.31 Å². The maximum atomic E-state index is 13.0. The van der Waals surface area contributed by atoms with E-state index in [-0.39, 0.29) is 22.9 Å². The highest BCUT2D eigenvalue weighted by Gasteiger charge is 2.42. The highest BCUT2D eigenvalue weighted by Crippen LogP contribution is 2.37. The zero-order chi connectivity index (χ0) is 14.9. The van der Waals surface area contributed by atoms with Crippen molar-refractivity contribution >= 4 is 10.0 Å². The van der Waals surface area contributed by atoms with Crippen LogP contribution >= 0.6 is 0 Å². The number of ether oxygens (including phenoxy) is 1. The van der Waals surface area contributed by atoms with E-state index >= 15 is 0 Å². The molecule has 2 rings (SSSR count). The maximum absolute atomic E-state index is 13.0. The number of sulfonamides is 1. The van der Waals surface area contributed by atoms with E-state index in [4.69, 9.17) is 4.74 Å². The van der Waals surface area contributed by atoms with Gasteiger partial charge < -0.3 is 4.74 Å². The summed E-state index contributed by atoms with van der Waals surface area (Å²) in [6, 6.07) is 6.96. The van der Waals surface area contributed by atoms with E-state index in [0.29, 0.717) is 5.75 Å². The second kappa shape index (κ2) is 5.74. The van der Waals surface area contributed by atoms with Crippen LogP contribution in [0, 0.1) is 5.92 Å². The Morgan fingerprint density at radius 3 is 2.30 bits per heavy atom. The molecule has 1 aliphatic carbocycles. The van der Waals surface area contributed by atoms with E-state index in [1.807, 2.05) is 6.92 Å². The van der Waals surface area contributed by atoms with Crippen molar-refractivity contribution in [2.75, 3.05) is 7.11 Å². The number of para-hydroxylation sites is 1. The Balaban J connectivity index is 2.46. The van der Waals surface area contributed by atoms with Gasteiger partial charge in [0.25, 0.3) is 0 Å². The first-order valence-corrected chi connectivity index (χ1v) is 8.50. The molecule has 1 saturated carbocycles. The summed E-state index contributed by atoms with van der Waals surface area (Å²) in [5.74, 6) is 0.689. The molecule has 0 N–H and O–H groups in total. The van der Waals surface area contributed by atoms with Crippen LogP contribution in [0.1, 0.15) is 33.6 Å². The number of nitrogens with zero attached hydrogens (tertiary/aromatic N) is 1. The molecule has 1 aromatic rings. The molecule has 0 aromatic heterocycles. The Bertz CT molecular complexity index is 564. The largest absolute Gasteiger partial charge is 0.495 e. The average molecular weight is 297 g/mol. The molecule has 20 heavy (non-hydrogen) atoms. The van der Waals surface area contributed by atoms with E-state index in [2.05, 4.69) is 13.8 Å². The van der Waals surface area contributed by atoms with Crippen molar-refractivity contribution in [3.63, 3.8) is 0 Å². The van der Waals surface area contributed by atoms with Gasteiger partial charge in [-0.15, -0.1) is 0 Å². The van der Waals surface area contributed by atoms with E-state index in [0.717, 1.165) is 12.8 Å². The highest BCUT2D eigenvalue weighted by molar-refractivity contribution is 7.89. The van der Waals surface area contributed by atoms with Crippen LogP contribution in [0.2, 0.25) is 0 Å². The first-order valence-electron chi connectivity index (χ1n) is 7.06. The molecular formula is C15H23NO3S. The van der Waals surface area contributed by atoms with Crippen molar-refractivity contribution in [2.45, 2.75) is 50.6 Å². The SMILES string of the molecule is COc1ccccc1S(=O)(=O)N(C1CC1)C(C)C(C)C. The van der Waals surface area contributed by atoms with Gasteiger partial charge in [0.2, 0.25) is 10.0 Å². The minimum absolute atomic E-state index is 0.0163. The van der Waals surface area contributed by atoms with Crippen LogP contribution in [0.5, 0.6) is 5.75 Å². The van der Waals surface area contributed by atoms with Crippen LogP contribution < -0.4 is 4.74 Å². The highest BCUT2D eigenvalue weighted by atomic mass is 32.2. The fourth-order valence-electron chi connectivity index (χ4n) is 2.32. The predicted molar refractivity (Wildman–Crippen MR) is 79.3 cm³/mol. The lowest BCUT2D eigenvalue weighted by atomic mass is 10.1. The Hall–Kier alpha value is -1.07. The van der Waals surface area contributed by atoms with Crippen molar-refractivity contribution in [1.29, 1.82) is 0 Å². The molecule has 1 unspecified atom stereocenters. The molecule has 0 heterocycles. The Labute approximate surface area is 121 Å². The molecular weight excluding hydrogens is 274 g/mol. The minimum atomic E-state index is -3.52. The van der Waals surface area contributed by atoms with E-state index in [9.17, 15) is 8.42 Å². The lowest BCUT2D eigenvalue weighted by Gasteiger charge is -2.31. The molecule has 4 nitrogen and oxygen atoms in total. The molecule has 0 amide bonds. The fraction of sp³-hybridized carbons (Fsp3) is 0.600. The summed E-state index contributed by atoms with van der Waals surface area (Å²) in [6.07, 6.45) is 1.90. The van der Waals surface area contributed by atoms with Gasteiger partial charge in [-0.3, -0.25) is 0 Å². The van der Waals surface area contributed by atoms with Crippen LogP contribution in [-0.4, -0.2) is 31.9 Å². The lowest BCUT2D eigenvalue weighted by molar-refractivity contribution is 0.268. The van der Waals surface area contributed by atoms with Gasteiger partial charge in [0.1, 0.15) is 10.6 Å². The summed E-state index contributed by atoms with van der Waals surface area (Å²) in [4.78, 5) is 0.266. The molecule has 0 bridgehead atoms. The quantitative estimate of drug-likeness (QED) is 0.811. The summed E-state index contributed by atoms with van der Waals surface area (Å²) in [6.45, 7) is 6.09. The minimum Gasteiger partial charge on any atom is -0.495 e. The summed E-state index contributed by atoms with van der Waals surface area (Å²) < 4.78 is 32.9. The van der Waals surface area contributed by atoms with Crippen LogP contribution in [0.15, 0.2) is 29.2 Å². The first-order chi connectivity index (χ1) is 9.39. The van der Waals surface area contributed by atoms with Crippen molar-refractivity contribution in [1.82, 2.24) is 4.31 Å². The Kier molecular flexibility index (Phi) is 4.39. The molecule has 0 aliphatic heterocycles. The molecule has 1 aromatic carbocycles. The topological polar surface area (TPSA) is 46.6 Å². The second-order valence-corrected chi connectivity index (χ2v) is 7.51. The number of rotatable bonds is 6. The van der Waals surface area contributed by atoms with Crippen LogP contribution in [-0.2, 0) is 10.0 Å². The molecule has 0 radical (unpaired) electrons. The smallest absolute Gasteiger partial charge is 0.247 e. The monoisotopic (exact) mass is 297 g/mol. The molecule has 1 fully saturated rings. The summed E-state index contributed by atoms with van der Waals surface area (Å²) in [5.41, 5.74) is 0. The third kappa shape index (κ3) is 2.83. The Morgan fingerprint density at radius 2 is 1.80 bits per heavy atom. The Morgan fingerprint density at radius 1 is 1.20 bits per heavy atom. The van der Waals surface area contributed by atoms with E-state index in [1.54, 1.807) is 28.6 Å². The first kappa shape index (κ1) is 15.3. The molecule has 0 spiro atoms. The van der Waals surface area contributed by atoms with Crippen molar-refractivity contribution in [3.8, 4) is 5.75 Å². The van der Waals surface area contributed by atoms with Gasteiger partial charge in [0.15, 0.2) is 0 Å². The number of hydrogen-bond acceptors (Lipinski definition) is 3. The molecule has 1 atom stereocenters. The third-order valence-corrected chi connectivity index (χ3v) is 5.98. The third-order valence-electron chi connectivity index (χ3n) is 3.90. The second-order valence-electron chi connectivity index (χ2n) is 5.70. The molecule has 0 saturated heterocycles. The van der Waals surface area contributed by atoms with Gasteiger partial charge in [-0.25, -0.2) is 8.42 Å². The van der Waals surface area contributed by atoms with Gasteiger partial charge in [-0.1, -0.05) is 26.0 Å². The molecule has 1 aliphatic rings. The fourth-order valence-corrected chi connectivity index (χ4v) is 4.48. The predicted octanol–water partition coefficient (Wildman–Crippen LogP) is 2.89. The normalized spacial score (nSPS) is 17.5. The van der Waals surface area contributed by atoms with Gasteiger partial charge >= 0.3 is 0 Å². The molecule has 112 valence electrons. The maximum Gasteiger partial charge on any atom is 0.247 e. The summed E-state index contributed by atoms with van der Waals surface area (Å²) in [5, 5.41) is 0. The number of benzene rings is 1. The van der Waals surface area contributed by atoms with Crippen molar-refractivity contribution < 1.29 is 13.2 Å². The van der Waals surface area contributed by atoms with Gasteiger partial charge in [-0.05, 0) is 37.8 Å². The summed E-state index contributed by atoms with van der Waals surface area (Å²) in [7, 11) is -2.01. The number of methoxy groups -OCH3 is 1. The van der Waals surface area contributed by atoms with Crippen molar-refractivity contribution in [3.05, 3.63) is 24.3 Å². The van der Waals surface area contributed by atoms with Gasteiger partial charge in [0.05, 0.1) is 7.11 Å². The van der Waals surface area contributed by atoms with Crippen LogP contribution in [0.25, 0.3) is 0 Å². The molecule has 5 heteroatoms.